The summed E-state index contributed by atoms with van der Waals surface area (Å²) in [6.45, 7) is 6.87. The molecule has 2 heteroatoms. The second kappa shape index (κ2) is 7.65. The Kier molecular flexibility index (Phi) is 5.50. The highest BCUT2D eigenvalue weighted by Gasteiger charge is 2.26. The predicted octanol–water partition coefficient (Wildman–Crippen LogP) is 5.91. The Hall–Kier alpha value is -2.09. The molecule has 2 N–H and O–H groups in total. The number of primary amides is 1. The zero-order valence-corrected chi connectivity index (χ0v) is 16.3. The molecule has 2 aromatic carbocycles. The van der Waals surface area contributed by atoms with E-state index in [0.717, 1.165) is 29.0 Å². The SMILES string of the molecule is Cc1ccc(C(N)=O)cc1-c1ccc(CCC2CCC(C)(C)CC2)cc1. The van der Waals surface area contributed by atoms with Gasteiger partial charge in [0.25, 0.3) is 0 Å². The minimum absolute atomic E-state index is 0.376. The molecule has 0 radical (unpaired) electrons. The van der Waals surface area contributed by atoms with Crippen molar-refractivity contribution in [2.75, 3.05) is 0 Å². The first-order chi connectivity index (χ1) is 12.3. The van der Waals surface area contributed by atoms with Gasteiger partial charge in [0.15, 0.2) is 0 Å². The lowest BCUT2D eigenvalue weighted by Crippen LogP contribution is -2.21. The van der Waals surface area contributed by atoms with Crippen LogP contribution < -0.4 is 5.73 Å². The van der Waals surface area contributed by atoms with Crippen LogP contribution in [0.3, 0.4) is 0 Å². The number of benzene rings is 2. The summed E-state index contributed by atoms with van der Waals surface area (Å²) >= 11 is 0. The van der Waals surface area contributed by atoms with Gasteiger partial charge >= 0.3 is 0 Å². The number of aryl methyl sites for hydroxylation is 2. The molecular formula is C24H31NO. The van der Waals surface area contributed by atoms with Crippen LogP contribution in [0.2, 0.25) is 0 Å². The standard InChI is InChI=1S/C24H31NO/c1-17-4-9-21(23(25)26)16-22(17)20-10-7-18(8-11-20)5-6-19-12-14-24(2,3)15-13-19/h4,7-11,16,19H,5-6,12-15H2,1-3H3,(H2,25,26). The highest BCUT2D eigenvalue weighted by molar-refractivity contribution is 5.94. The minimum atomic E-state index is -0.376. The zero-order chi connectivity index (χ0) is 18.7. The Balaban J connectivity index is 1.64. The molecular weight excluding hydrogens is 318 g/mol. The fraction of sp³-hybridized carbons (Fsp3) is 0.458. The number of hydrogen-bond donors (Lipinski definition) is 1. The van der Waals surface area contributed by atoms with E-state index in [2.05, 4.69) is 45.0 Å². The van der Waals surface area contributed by atoms with Crippen molar-refractivity contribution >= 4 is 5.91 Å². The number of nitrogens with two attached hydrogens (primary N) is 1. The second-order valence-electron chi connectivity index (χ2n) is 8.74. The van der Waals surface area contributed by atoms with Gasteiger partial charge in [0.05, 0.1) is 0 Å². The first kappa shape index (κ1) is 18.7. The molecule has 0 heterocycles. The van der Waals surface area contributed by atoms with Crippen molar-refractivity contribution in [3.63, 3.8) is 0 Å². The van der Waals surface area contributed by atoms with E-state index in [4.69, 9.17) is 5.73 Å². The van der Waals surface area contributed by atoms with Gasteiger partial charge in [-0.25, -0.2) is 0 Å². The van der Waals surface area contributed by atoms with Crippen molar-refractivity contribution in [3.05, 3.63) is 59.2 Å². The lowest BCUT2D eigenvalue weighted by atomic mass is 9.72. The lowest BCUT2D eigenvalue weighted by Gasteiger charge is -2.34. The molecule has 1 fully saturated rings. The summed E-state index contributed by atoms with van der Waals surface area (Å²) in [5.41, 5.74) is 11.3. The summed E-state index contributed by atoms with van der Waals surface area (Å²) in [5, 5.41) is 0. The number of carbonyl (C=O) groups is 1. The third-order valence-corrected chi connectivity index (χ3v) is 6.09. The van der Waals surface area contributed by atoms with E-state index in [1.165, 1.54) is 37.7 Å². The molecule has 2 nitrogen and oxygen atoms in total. The average molecular weight is 350 g/mol. The van der Waals surface area contributed by atoms with Crippen LogP contribution in [0.1, 0.15) is 67.4 Å². The average Bonchev–Trinajstić information content (AvgIpc) is 2.61. The van der Waals surface area contributed by atoms with Crippen LogP contribution >= 0.6 is 0 Å². The van der Waals surface area contributed by atoms with Crippen LogP contribution in [0.4, 0.5) is 0 Å². The first-order valence-electron chi connectivity index (χ1n) is 9.84. The van der Waals surface area contributed by atoms with Crippen LogP contribution in [-0.2, 0) is 6.42 Å². The van der Waals surface area contributed by atoms with Crippen molar-refractivity contribution in [1.29, 1.82) is 0 Å². The van der Waals surface area contributed by atoms with Crippen LogP contribution in [0.15, 0.2) is 42.5 Å². The maximum Gasteiger partial charge on any atom is 0.248 e. The first-order valence-corrected chi connectivity index (χ1v) is 9.84. The van der Waals surface area contributed by atoms with Gasteiger partial charge < -0.3 is 5.73 Å². The molecule has 0 atom stereocenters. The van der Waals surface area contributed by atoms with Gasteiger partial charge in [-0.2, -0.15) is 0 Å². The van der Waals surface area contributed by atoms with Gasteiger partial charge in [-0.05, 0) is 91.2 Å². The highest BCUT2D eigenvalue weighted by atomic mass is 16.1. The Labute approximate surface area is 157 Å². The van der Waals surface area contributed by atoms with Gasteiger partial charge in [0.1, 0.15) is 0 Å². The predicted molar refractivity (Wildman–Crippen MR) is 109 cm³/mol. The van der Waals surface area contributed by atoms with Gasteiger partial charge in [0, 0.05) is 5.56 Å². The third-order valence-electron chi connectivity index (χ3n) is 6.09. The van der Waals surface area contributed by atoms with Gasteiger partial charge in [-0.1, -0.05) is 44.2 Å². The second-order valence-corrected chi connectivity index (χ2v) is 8.74. The van der Waals surface area contributed by atoms with Crippen molar-refractivity contribution in [3.8, 4) is 11.1 Å². The van der Waals surface area contributed by atoms with Crippen molar-refractivity contribution in [1.82, 2.24) is 0 Å². The summed E-state index contributed by atoms with van der Waals surface area (Å²) in [5.74, 6) is 0.510. The third kappa shape index (κ3) is 4.55. The number of carbonyl (C=O) groups excluding carboxylic acids is 1. The maximum absolute atomic E-state index is 11.4. The molecule has 1 aliphatic rings. The molecule has 0 spiro atoms. The van der Waals surface area contributed by atoms with E-state index in [1.54, 1.807) is 6.07 Å². The van der Waals surface area contributed by atoms with E-state index in [0.29, 0.717) is 11.0 Å². The summed E-state index contributed by atoms with van der Waals surface area (Å²) in [4.78, 5) is 11.4. The highest BCUT2D eigenvalue weighted by Crippen LogP contribution is 2.39. The minimum Gasteiger partial charge on any atom is -0.366 e. The summed E-state index contributed by atoms with van der Waals surface area (Å²) < 4.78 is 0. The van der Waals surface area contributed by atoms with Gasteiger partial charge in [-0.3, -0.25) is 4.79 Å². The molecule has 138 valence electrons. The van der Waals surface area contributed by atoms with E-state index >= 15 is 0 Å². The molecule has 0 bridgehead atoms. The van der Waals surface area contributed by atoms with E-state index in [-0.39, 0.29) is 5.91 Å². The molecule has 0 saturated heterocycles. The molecule has 26 heavy (non-hydrogen) atoms. The topological polar surface area (TPSA) is 43.1 Å². The molecule has 2 aromatic rings. The van der Waals surface area contributed by atoms with Crippen LogP contribution in [0.25, 0.3) is 11.1 Å². The Morgan fingerprint density at radius 2 is 1.73 bits per heavy atom. The van der Waals surface area contributed by atoms with Crippen LogP contribution in [0, 0.1) is 18.3 Å². The van der Waals surface area contributed by atoms with Crippen molar-refractivity contribution < 1.29 is 4.79 Å². The molecule has 0 aromatic heterocycles. The van der Waals surface area contributed by atoms with Gasteiger partial charge in [-0.15, -0.1) is 0 Å². The Morgan fingerprint density at radius 1 is 1.08 bits per heavy atom. The molecule has 1 amide bonds. The summed E-state index contributed by atoms with van der Waals surface area (Å²) in [6.07, 6.45) is 7.95. The number of hydrogen-bond acceptors (Lipinski definition) is 1. The summed E-state index contributed by atoms with van der Waals surface area (Å²) in [7, 11) is 0. The van der Waals surface area contributed by atoms with Crippen molar-refractivity contribution in [2.45, 2.75) is 59.3 Å². The van der Waals surface area contributed by atoms with E-state index in [1.807, 2.05) is 12.1 Å². The molecule has 1 aliphatic carbocycles. The normalized spacial score (nSPS) is 17.2. The molecule has 0 unspecified atom stereocenters. The number of rotatable bonds is 5. The number of amides is 1. The quantitative estimate of drug-likeness (QED) is 0.716. The Bertz CT molecular complexity index is 763. The van der Waals surface area contributed by atoms with Crippen LogP contribution in [0.5, 0.6) is 0 Å². The lowest BCUT2D eigenvalue weighted by molar-refractivity contribution is 0.100. The summed E-state index contributed by atoms with van der Waals surface area (Å²) in [6, 6.07) is 14.5. The largest absolute Gasteiger partial charge is 0.366 e. The fourth-order valence-corrected chi connectivity index (χ4v) is 4.06. The maximum atomic E-state index is 11.4. The fourth-order valence-electron chi connectivity index (χ4n) is 4.06. The van der Waals surface area contributed by atoms with Gasteiger partial charge in [0.2, 0.25) is 5.91 Å². The molecule has 0 aliphatic heterocycles. The molecule has 1 saturated carbocycles. The monoisotopic (exact) mass is 349 g/mol. The molecule has 3 rings (SSSR count). The zero-order valence-electron chi connectivity index (χ0n) is 16.3. The Morgan fingerprint density at radius 3 is 2.35 bits per heavy atom. The van der Waals surface area contributed by atoms with E-state index < -0.39 is 0 Å². The smallest absolute Gasteiger partial charge is 0.248 e. The van der Waals surface area contributed by atoms with Crippen LogP contribution in [-0.4, -0.2) is 5.91 Å². The van der Waals surface area contributed by atoms with Crippen molar-refractivity contribution in [2.24, 2.45) is 17.1 Å². The van der Waals surface area contributed by atoms with E-state index in [9.17, 15) is 4.79 Å².